The van der Waals surface area contributed by atoms with Gasteiger partial charge in [-0.1, -0.05) is 30.9 Å². The Morgan fingerprint density at radius 2 is 2.00 bits per heavy atom. The van der Waals surface area contributed by atoms with Gasteiger partial charge in [-0.3, -0.25) is 4.79 Å². The van der Waals surface area contributed by atoms with Crippen LogP contribution in [0.4, 0.5) is 0 Å². The molecule has 19 heavy (non-hydrogen) atoms. The van der Waals surface area contributed by atoms with Crippen LogP contribution >= 0.6 is 11.6 Å². The Morgan fingerprint density at radius 3 is 2.79 bits per heavy atom. The molecule has 0 atom stereocenters. The number of hydrogen-bond donors (Lipinski definition) is 1. The molecule has 1 aliphatic carbocycles. The van der Waals surface area contributed by atoms with E-state index in [4.69, 9.17) is 16.0 Å². The first-order valence-electron chi connectivity index (χ1n) is 6.72. The van der Waals surface area contributed by atoms with Crippen molar-refractivity contribution in [3.63, 3.8) is 0 Å². The summed E-state index contributed by atoms with van der Waals surface area (Å²) in [5.74, 6) is 0.238. The number of hydrogen-bond acceptors (Lipinski definition) is 2. The molecule has 0 spiro atoms. The van der Waals surface area contributed by atoms with Crippen LogP contribution in [0, 0.1) is 0 Å². The molecule has 3 nitrogen and oxygen atoms in total. The van der Waals surface area contributed by atoms with Gasteiger partial charge in [0.1, 0.15) is 5.58 Å². The first-order chi connectivity index (χ1) is 9.22. The average Bonchev–Trinajstić information content (AvgIpc) is 2.83. The molecule has 0 bridgehead atoms. The van der Waals surface area contributed by atoms with Crippen molar-refractivity contribution < 1.29 is 9.21 Å². The molecule has 1 saturated carbocycles. The molecule has 0 aliphatic heterocycles. The fraction of sp³-hybridized carbons (Fsp3) is 0.400. The summed E-state index contributed by atoms with van der Waals surface area (Å²) in [6.45, 7) is 0. The van der Waals surface area contributed by atoms with Gasteiger partial charge in [-0.05, 0) is 37.1 Å². The average molecular weight is 278 g/mol. The van der Waals surface area contributed by atoms with Crippen molar-refractivity contribution in [1.29, 1.82) is 0 Å². The second-order valence-electron chi connectivity index (χ2n) is 5.10. The minimum absolute atomic E-state index is 0.126. The molecule has 1 N–H and O–H groups in total. The molecular formula is C15H16ClNO2. The molecule has 4 heteroatoms. The van der Waals surface area contributed by atoms with Gasteiger partial charge in [-0.25, -0.2) is 0 Å². The van der Waals surface area contributed by atoms with Crippen molar-refractivity contribution in [2.45, 2.75) is 38.1 Å². The summed E-state index contributed by atoms with van der Waals surface area (Å²) < 4.78 is 5.56. The predicted molar refractivity (Wildman–Crippen MR) is 75.6 cm³/mol. The van der Waals surface area contributed by atoms with Gasteiger partial charge in [0, 0.05) is 16.5 Å². The molecule has 100 valence electrons. The number of fused-ring (bicyclic) bond motifs is 1. The number of rotatable bonds is 2. The maximum Gasteiger partial charge on any atom is 0.287 e. The standard InChI is InChI=1S/C15H16ClNO2/c16-11-6-7-13-10(8-11)9-14(19-13)15(18)17-12-4-2-1-3-5-12/h6-9,12H,1-5H2,(H,17,18). The third kappa shape index (κ3) is 2.76. The summed E-state index contributed by atoms with van der Waals surface area (Å²) in [4.78, 5) is 12.1. The molecule has 3 rings (SSSR count). The lowest BCUT2D eigenvalue weighted by Gasteiger charge is -2.22. The molecule has 1 heterocycles. The van der Waals surface area contributed by atoms with Gasteiger partial charge in [-0.15, -0.1) is 0 Å². The number of benzene rings is 1. The van der Waals surface area contributed by atoms with Gasteiger partial charge in [0.05, 0.1) is 0 Å². The van der Waals surface area contributed by atoms with Gasteiger partial charge in [0.15, 0.2) is 5.76 Å². The van der Waals surface area contributed by atoms with Gasteiger partial charge in [0.2, 0.25) is 0 Å². The lowest BCUT2D eigenvalue weighted by Crippen LogP contribution is -2.35. The molecule has 0 radical (unpaired) electrons. The highest BCUT2D eigenvalue weighted by molar-refractivity contribution is 6.31. The smallest absolute Gasteiger partial charge is 0.287 e. The fourth-order valence-corrected chi connectivity index (χ4v) is 2.81. The Labute approximate surface area is 116 Å². The Balaban J connectivity index is 1.77. The molecule has 0 saturated heterocycles. The lowest BCUT2D eigenvalue weighted by molar-refractivity contribution is 0.0902. The number of carbonyl (C=O) groups is 1. The highest BCUT2D eigenvalue weighted by Crippen LogP contribution is 2.24. The first-order valence-corrected chi connectivity index (χ1v) is 7.10. The van der Waals surface area contributed by atoms with E-state index in [1.165, 1.54) is 19.3 Å². The second kappa shape index (κ2) is 5.25. The van der Waals surface area contributed by atoms with E-state index < -0.39 is 0 Å². The fourth-order valence-electron chi connectivity index (χ4n) is 2.63. The van der Waals surface area contributed by atoms with Crippen molar-refractivity contribution in [3.8, 4) is 0 Å². The van der Waals surface area contributed by atoms with E-state index in [1.807, 2.05) is 0 Å². The normalized spacial score (nSPS) is 16.7. The molecule has 0 unspecified atom stereocenters. The van der Waals surface area contributed by atoms with E-state index in [9.17, 15) is 4.79 Å². The molecular weight excluding hydrogens is 262 g/mol. The summed E-state index contributed by atoms with van der Waals surface area (Å²) in [5, 5.41) is 4.55. The van der Waals surface area contributed by atoms with Crippen molar-refractivity contribution in [2.24, 2.45) is 0 Å². The summed E-state index contributed by atoms with van der Waals surface area (Å²) in [6.07, 6.45) is 5.80. The third-order valence-electron chi connectivity index (χ3n) is 3.64. The number of halogens is 1. The van der Waals surface area contributed by atoms with E-state index in [-0.39, 0.29) is 11.9 Å². The van der Waals surface area contributed by atoms with Crippen molar-refractivity contribution in [1.82, 2.24) is 5.32 Å². The number of carbonyl (C=O) groups excluding carboxylic acids is 1. The number of nitrogens with one attached hydrogen (secondary N) is 1. The lowest BCUT2D eigenvalue weighted by atomic mass is 9.95. The van der Waals surface area contributed by atoms with Gasteiger partial charge in [-0.2, -0.15) is 0 Å². The molecule has 1 aromatic carbocycles. The van der Waals surface area contributed by atoms with Crippen molar-refractivity contribution >= 4 is 28.5 Å². The monoisotopic (exact) mass is 277 g/mol. The van der Waals surface area contributed by atoms with E-state index in [1.54, 1.807) is 24.3 Å². The van der Waals surface area contributed by atoms with Crippen molar-refractivity contribution in [3.05, 3.63) is 35.0 Å². The Kier molecular flexibility index (Phi) is 3.47. The summed E-state index contributed by atoms with van der Waals surface area (Å²) in [5.41, 5.74) is 0.693. The maximum absolute atomic E-state index is 12.1. The minimum atomic E-state index is -0.126. The van der Waals surface area contributed by atoms with Crippen LogP contribution in [-0.2, 0) is 0 Å². The quantitative estimate of drug-likeness (QED) is 0.896. The van der Waals surface area contributed by atoms with Gasteiger partial charge < -0.3 is 9.73 Å². The van der Waals surface area contributed by atoms with Crippen LogP contribution in [0.3, 0.4) is 0 Å². The Hall–Kier alpha value is -1.48. The van der Waals surface area contributed by atoms with Crippen LogP contribution < -0.4 is 5.32 Å². The SMILES string of the molecule is O=C(NC1CCCCC1)c1cc2cc(Cl)ccc2o1. The predicted octanol–water partition coefficient (Wildman–Crippen LogP) is 4.15. The Morgan fingerprint density at radius 1 is 1.21 bits per heavy atom. The molecule has 2 aromatic rings. The summed E-state index contributed by atoms with van der Waals surface area (Å²) in [6, 6.07) is 7.39. The number of amides is 1. The summed E-state index contributed by atoms with van der Waals surface area (Å²) >= 11 is 5.92. The summed E-state index contributed by atoms with van der Waals surface area (Å²) in [7, 11) is 0. The van der Waals surface area contributed by atoms with Crippen LogP contribution in [0.2, 0.25) is 5.02 Å². The van der Waals surface area contributed by atoms with Gasteiger partial charge in [0.25, 0.3) is 5.91 Å². The minimum Gasteiger partial charge on any atom is -0.451 e. The van der Waals surface area contributed by atoms with E-state index in [0.717, 1.165) is 18.2 Å². The molecule has 1 fully saturated rings. The zero-order chi connectivity index (χ0) is 13.2. The van der Waals surface area contributed by atoms with E-state index >= 15 is 0 Å². The van der Waals surface area contributed by atoms with Crippen LogP contribution in [0.1, 0.15) is 42.7 Å². The zero-order valence-corrected chi connectivity index (χ0v) is 11.4. The Bertz CT molecular complexity index is 599. The zero-order valence-electron chi connectivity index (χ0n) is 10.6. The van der Waals surface area contributed by atoms with Crippen LogP contribution in [0.25, 0.3) is 11.0 Å². The third-order valence-corrected chi connectivity index (χ3v) is 3.88. The van der Waals surface area contributed by atoms with Crippen LogP contribution in [-0.4, -0.2) is 11.9 Å². The van der Waals surface area contributed by atoms with Crippen molar-refractivity contribution in [2.75, 3.05) is 0 Å². The van der Waals surface area contributed by atoms with Gasteiger partial charge >= 0.3 is 0 Å². The highest BCUT2D eigenvalue weighted by Gasteiger charge is 2.19. The highest BCUT2D eigenvalue weighted by atomic mass is 35.5. The molecule has 1 aromatic heterocycles. The molecule has 1 aliphatic rings. The largest absolute Gasteiger partial charge is 0.451 e. The van der Waals surface area contributed by atoms with E-state index in [0.29, 0.717) is 16.4 Å². The van der Waals surface area contributed by atoms with Crippen LogP contribution in [0.15, 0.2) is 28.7 Å². The maximum atomic E-state index is 12.1. The molecule has 1 amide bonds. The first kappa shape index (κ1) is 12.5. The van der Waals surface area contributed by atoms with Crippen LogP contribution in [0.5, 0.6) is 0 Å². The second-order valence-corrected chi connectivity index (χ2v) is 5.54. The van der Waals surface area contributed by atoms with E-state index in [2.05, 4.69) is 5.32 Å². The topological polar surface area (TPSA) is 42.2 Å². The number of furan rings is 1.